The zero-order valence-electron chi connectivity index (χ0n) is 13.4. The van der Waals surface area contributed by atoms with Crippen LogP contribution in [0, 0.1) is 0 Å². The Balaban J connectivity index is 2.12. The van der Waals surface area contributed by atoms with Gasteiger partial charge in [-0.1, -0.05) is 13.8 Å². The first-order valence-corrected chi connectivity index (χ1v) is 8.43. The highest BCUT2D eigenvalue weighted by Gasteiger charge is 2.19. The van der Waals surface area contributed by atoms with Gasteiger partial charge in [-0.3, -0.25) is 4.79 Å². The summed E-state index contributed by atoms with van der Waals surface area (Å²) in [6.45, 7) is 7.77. The van der Waals surface area contributed by atoms with E-state index in [-0.39, 0.29) is 5.91 Å². The molecule has 0 unspecified atom stereocenters. The van der Waals surface area contributed by atoms with Crippen LogP contribution in [-0.2, 0) is 4.79 Å². The van der Waals surface area contributed by atoms with Crippen molar-refractivity contribution in [1.29, 1.82) is 0 Å². The third-order valence-electron chi connectivity index (χ3n) is 4.09. The van der Waals surface area contributed by atoms with Gasteiger partial charge in [-0.25, -0.2) is 0 Å². The van der Waals surface area contributed by atoms with Gasteiger partial charge in [-0.2, -0.15) is 0 Å². The Morgan fingerprint density at radius 1 is 1.10 bits per heavy atom. The van der Waals surface area contributed by atoms with E-state index in [0.717, 1.165) is 51.7 Å². The largest absolute Gasteiger partial charge is 0.353 e. The van der Waals surface area contributed by atoms with Crippen molar-refractivity contribution in [2.45, 2.75) is 77.3 Å². The van der Waals surface area contributed by atoms with E-state index in [1.54, 1.807) is 0 Å². The Labute approximate surface area is 124 Å². The van der Waals surface area contributed by atoms with Crippen molar-refractivity contribution in [3.63, 3.8) is 0 Å². The molecule has 1 rings (SSSR count). The molecular formula is C16H33N3O. The third-order valence-corrected chi connectivity index (χ3v) is 4.09. The lowest BCUT2D eigenvalue weighted by Gasteiger charge is -2.27. The number of nitrogens with zero attached hydrogens (tertiary/aromatic N) is 1. The smallest absolute Gasteiger partial charge is 0.220 e. The number of nitrogens with two attached hydrogens (primary N) is 1. The fraction of sp³-hybridized carbons (Fsp3) is 0.938. The SMILES string of the molecule is CCCN(CCC)CCCC(=O)NC1CCC(N)CC1. The highest BCUT2D eigenvalue weighted by Crippen LogP contribution is 2.17. The maximum absolute atomic E-state index is 11.9. The van der Waals surface area contributed by atoms with Crippen molar-refractivity contribution in [2.24, 2.45) is 5.73 Å². The molecule has 0 spiro atoms. The summed E-state index contributed by atoms with van der Waals surface area (Å²) in [4.78, 5) is 14.4. The number of amides is 1. The monoisotopic (exact) mass is 283 g/mol. The molecule has 0 heterocycles. The molecule has 0 saturated heterocycles. The van der Waals surface area contributed by atoms with E-state index in [1.807, 2.05) is 0 Å². The predicted molar refractivity (Wildman–Crippen MR) is 84.6 cm³/mol. The lowest BCUT2D eigenvalue weighted by atomic mass is 9.92. The standard InChI is InChI=1S/C16H33N3O/c1-3-11-19(12-4-2)13-5-6-16(20)18-15-9-7-14(17)8-10-15/h14-15H,3-13,17H2,1-2H3,(H,18,20). The summed E-state index contributed by atoms with van der Waals surface area (Å²) in [5, 5.41) is 3.16. The number of hydrogen-bond donors (Lipinski definition) is 2. The minimum atomic E-state index is 0.221. The van der Waals surface area contributed by atoms with E-state index in [9.17, 15) is 4.79 Å². The summed E-state index contributed by atoms with van der Waals surface area (Å²) < 4.78 is 0. The molecule has 0 aromatic rings. The van der Waals surface area contributed by atoms with Gasteiger partial charge < -0.3 is 16.0 Å². The molecule has 4 nitrogen and oxygen atoms in total. The molecule has 0 aromatic carbocycles. The Kier molecular flexibility index (Phi) is 8.86. The second-order valence-corrected chi connectivity index (χ2v) is 6.12. The number of hydrogen-bond acceptors (Lipinski definition) is 3. The zero-order valence-corrected chi connectivity index (χ0v) is 13.4. The van der Waals surface area contributed by atoms with Crippen LogP contribution in [0.5, 0.6) is 0 Å². The molecule has 1 saturated carbocycles. The highest BCUT2D eigenvalue weighted by atomic mass is 16.1. The second-order valence-electron chi connectivity index (χ2n) is 6.12. The average Bonchev–Trinajstić information content (AvgIpc) is 2.42. The third kappa shape index (κ3) is 7.25. The van der Waals surface area contributed by atoms with Crippen molar-refractivity contribution in [2.75, 3.05) is 19.6 Å². The molecule has 3 N–H and O–H groups in total. The van der Waals surface area contributed by atoms with E-state index in [2.05, 4.69) is 24.1 Å². The average molecular weight is 283 g/mol. The number of carbonyl (C=O) groups is 1. The molecule has 0 atom stereocenters. The predicted octanol–water partition coefficient (Wildman–Crippen LogP) is 2.27. The minimum Gasteiger partial charge on any atom is -0.353 e. The molecule has 1 aliphatic carbocycles. The van der Waals surface area contributed by atoms with Crippen molar-refractivity contribution in [3.8, 4) is 0 Å². The fourth-order valence-electron chi connectivity index (χ4n) is 2.99. The van der Waals surface area contributed by atoms with Gasteiger partial charge in [-0.05, 0) is 64.6 Å². The van der Waals surface area contributed by atoms with E-state index in [1.165, 1.54) is 12.8 Å². The molecule has 1 aliphatic rings. The lowest BCUT2D eigenvalue weighted by molar-refractivity contribution is -0.122. The van der Waals surface area contributed by atoms with Gasteiger partial charge in [0.05, 0.1) is 0 Å². The molecule has 0 aliphatic heterocycles. The van der Waals surface area contributed by atoms with Crippen molar-refractivity contribution in [3.05, 3.63) is 0 Å². The number of rotatable bonds is 9. The molecule has 4 heteroatoms. The van der Waals surface area contributed by atoms with Crippen LogP contribution in [0.15, 0.2) is 0 Å². The summed E-state index contributed by atoms with van der Waals surface area (Å²) in [7, 11) is 0. The van der Waals surface area contributed by atoms with Crippen LogP contribution in [0.25, 0.3) is 0 Å². The van der Waals surface area contributed by atoms with Crippen LogP contribution in [-0.4, -0.2) is 42.5 Å². The van der Waals surface area contributed by atoms with E-state index < -0.39 is 0 Å². The molecule has 20 heavy (non-hydrogen) atoms. The van der Waals surface area contributed by atoms with E-state index in [0.29, 0.717) is 18.5 Å². The quantitative estimate of drug-likeness (QED) is 0.682. The first-order chi connectivity index (χ1) is 9.65. The van der Waals surface area contributed by atoms with Gasteiger partial charge in [-0.15, -0.1) is 0 Å². The molecule has 118 valence electrons. The van der Waals surface area contributed by atoms with Crippen LogP contribution in [0.1, 0.15) is 65.2 Å². The summed E-state index contributed by atoms with van der Waals surface area (Å²) in [5.74, 6) is 0.221. The maximum Gasteiger partial charge on any atom is 0.220 e. The van der Waals surface area contributed by atoms with Gasteiger partial charge in [0, 0.05) is 18.5 Å². The Morgan fingerprint density at radius 3 is 2.25 bits per heavy atom. The minimum absolute atomic E-state index is 0.221. The Hall–Kier alpha value is -0.610. The molecule has 1 amide bonds. The van der Waals surface area contributed by atoms with Crippen molar-refractivity contribution >= 4 is 5.91 Å². The van der Waals surface area contributed by atoms with Crippen molar-refractivity contribution in [1.82, 2.24) is 10.2 Å². The maximum atomic E-state index is 11.9. The van der Waals surface area contributed by atoms with E-state index >= 15 is 0 Å². The highest BCUT2D eigenvalue weighted by molar-refractivity contribution is 5.76. The van der Waals surface area contributed by atoms with Gasteiger partial charge in [0.15, 0.2) is 0 Å². The molecule has 0 radical (unpaired) electrons. The van der Waals surface area contributed by atoms with Crippen LogP contribution < -0.4 is 11.1 Å². The summed E-state index contributed by atoms with van der Waals surface area (Å²) in [6, 6.07) is 0.712. The van der Waals surface area contributed by atoms with Gasteiger partial charge in [0.2, 0.25) is 5.91 Å². The lowest BCUT2D eigenvalue weighted by Crippen LogP contribution is -2.40. The first kappa shape index (κ1) is 17.4. The van der Waals surface area contributed by atoms with E-state index in [4.69, 9.17) is 5.73 Å². The topological polar surface area (TPSA) is 58.4 Å². The summed E-state index contributed by atoms with van der Waals surface area (Å²) >= 11 is 0. The van der Waals surface area contributed by atoms with Crippen molar-refractivity contribution < 1.29 is 4.79 Å². The second kappa shape index (κ2) is 10.2. The fourth-order valence-corrected chi connectivity index (χ4v) is 2.99. The Bertz CT molecular complexity index is 256. The summed E-state index contributed by atoms with van der Waals surface area (Å²) in [5.41, 5.74) is 5.88. The molecule has 0 bridgehead atoms. The van der Waals surface area contributed by atoms with Gasteiger partial charge in [0.1, 0.15) is 0 Å². The Morgan fingerprint density at radius 2 is 1.70 bits per heavy atom. The zero-order chi connectivity index (χ0) is 14.8. The van der Waals surface area contributed by atoms with Gasteiger partial charge >= 0.3 is 0 Å². The molecular weight excluding hydrogens is 250 g/mol. The molecule has 0 aromatic heterocycles. The van der Waals surface area contributed by atoms with Crippen LogP contribution >= 0.6 is 0 Å². The normalized spacial score (nSPS) is 23.0. The first-order valence-electron chi connectivity index (χ1n) is 8.43. The molecule has 1 fully saturated rings. The summed E-state index contributed by atoms with van der Waals surface area (Å²) in [6.07, 6.45) is 8.19. The van der Waals surface area contributed by atoms with Crippen LogP contribution in [0.2, 0.25) is 0 Å². The van der Waals surface area contributed by atoms with Crippen LogP contribution in [0.4, 0.5) is 0 Å². The number of carbonyl (C=O) groups excluding carboxylic acids is 1. The van der Waals surface area contributed by atoms with Gasteiger partial charge in [0.25, 0.3) is 0 Å². The number of nitrogens with one attached hydrogen (secondary N) is 1. The van der Waals surface area contributed by atoms with Crippen LogP contribution in [0.3, 0.4) is 0 Å².